The molecule has 0 radical (unpaired) electrons. The molecule has 1 aromatic heterocycles. The minimum absolute atomic E-state index is 0.400. The number of hydrogen-bond donors (Lipinski definition) is 1. The van der Waals surface area contributed by atoms with Crippen LogP contribution in [0.3, 0.4) is 0 Å². The van der Waals surface area contributed by atoms with Gasteiger partial charge in [0.05, 0.1) is 0 Å². The lowest BCUT2D eigenvalue weighted by atomic mass is 10.0. The summed E-state index contributed by atoms with van der Waals surface area (Å²) < 4.78 is 27.6. The van der Waals surface area contributed by atoms with Gasteiger partial charge in [-0.1, -0.05) is 20.8 Å². The summed E-state index contributed by atoms with van der Waals surface area (Å²) in [4.78, 5) is 0. The monoisotopic (exact) mass is 330 g/mol. The predicted octanol–water partition coefficient (Wildman–Crippen LogP) is 3.06. The fourth-order valence-corrected chi connectivity index (χ4v) is 5.36. The molecule has 4 nitrogen and oxygen atoms in total. The van der Waals surface area contributed by atoms with Crippen LogP contribution in [0.1, 0.15) is 45.6 Å². The first-order chi connectivity index (χ1) is 9.89. The van der Waals surface area contributed by atoms with Crippen LogP contribution in [-0.4, -0.2) is 31.9 Å². The Balaban J connectivity index is 2.08. The lowest BCUT2D eigenvalue weighted by Crippen LogP contribution is -2.31. The van der Waals surface area contributed by atoms with Crippen molar-refractivity contribution in [1.82, 2.24) is 9.62 Å². The molecule has 1 aliphatic heterocycles. The summed E-state index contributed by atoms with van der Waals surface area (Å²) in [5.41, 5.74) is 1.05. The largest absolute Gasteiger partial charge is 0.310 e. The van der Waals surface area contributed by atoms with E-state index >= 15 is 0 Å². The third-order valence-electron chi connectivity index (χ3n) is 3.91. The highest BCUT2D eigenvalue weighted by molar-refractivity contribution is 7.91. The van der Waals surface area contributed by atoms with Crippen molar-refractivity contribution in [3.05, 3.63) is 17.0 Å². The highest BCUT2D eigenvalue weighted by Gasteiger charge is 2.27. The molecule has 1 unspecified atom stereocenters. The van der Waals surface area contributed by atoms with Gasteiger partial charge < -0.3 is 5.32 Å². The van der Waals surface area contributed by atoms with Gasteiger partial charge in [0, 0.05) is 25.7 Å². The van der Waals surface area contributed by atoms with E-state index in [1.54, 1.807) is 4.31 Å². The molecule has 0 bridgehead atoms. The van der Waals surface area contributed by atoms with Crippen LogP contribution < -0.4 is 5.32 Å². The van der Waals surface area contributed by atoms with E-state index in [1.807, 2.05) is 11.4 Å². The molecule has 1 aliphatic rings. The maximum atomic E-state index is 12.7. The van der Waals surface area contributed by atoms with Crippen molar-refractivity contribution in [3.63, 3.8) is 0 Å². The second-order valence-electron chi connectivity index (χ2n) is 6.25. The maximum Gasteiger partial charge on any atom is 0.252 e. The third kappa shape index (κ3) is 4.52. The molecule has 2 rings (SSSR count). The summed E-state index contributed by atoms with van der Waals surface area (Å²) in [6, 6.07) is 2.22. The normalized spacial score (nSPS) is 21.6. The summed E-state index contributed by atoms with van der Waals surface area (Å²) in [6.07, 6.45) is 3.06. The average Bonchev–Trinajstić information content (AvgIpc) is 2.79. The van der Waals surface area contributed by atoms with Gasteiger partial charge in [0.25, 0.3) is 10.0 Å². The lowest BCUT2D eigenvalue weighted by Gasteiger charge is -2.18. The molecule has 120 valence electrons. The molecule has 21 heavy (non-hydrogen) atoms. The second-order valence-corrected chi connectivity index (χ2v) is 9.33. The third-order valence-corrected chi connectivity index (χ3v) is 7.28. The Labute approximate surface area is 132 Å². The summed E-state index contributed by atoms with van der Waals surface area (Å²) in [5.74, 6) is 0.624. The predicted molar refractivity (Wildman–Crippen MR) is 88.1 cm³/mol. The number of sulfonamides is 1. The molecular formula is C15H26N2O2S2. The smallest absolute Gasteiger partial charge is 0.252 e. The van der Waals surface area contributed by atoms with Gasteiger partial charge in [-0.25, -0.2) is 8.42 Å². The zero-order valence-corrected chi connectivity index (χ0v) is 14.8. The molecule has 1 N–H and O–H groups in total. The number of nitrogens with one attached hydrogen (secondary N) is 1. The summed E-state index contributed by atoms with van der Waals surface area (Å²) in [5, 5.41) is 5.27. The molecule has 1 saturated heterocycles. The molecule has 1 fully saturated rings. The van der Waals surface area contributed by atoms with E-state index in [0.717, 1.165) is 31.4 Å². The lowest BCUT2D eigenvalue weighted by molar-refractivity contribution is 0.418. The van der Waals surface area contributed by atoms with E-state index in [-0.39, 0.29) is 0 Å². The van der Waals surface area contributed by atoms with E-state index in [0.29, 0.717) is 29.3 Å². The summed E-state index contributed by atoms with van der Waals surface area (Å²) >= 11 is 1.34. The van der Waals surface area contributed by atoms with Crippen molar-refractivity contribution in [1.29, 1.82) is 0 Å². The molecule has 0 aliphatic carbocycles. The average molecular weight is 331 g/mol. The first-order valence-corrected chi connectivity index (χ1v) is 10.0. The molecule has 0 spiro atoms. The zero-order chi connectivity index (χ0) is 15.5. The Morgan fingerprint density at radius 2 is 2.14 bits per heavy atom. The number of hydrogen-bond acceptors (Lipinski definition) is 4. The van der Waals surface area contributed by atoms with Crippen LogP contribution in [0.25, 0.3) is 0 Å². The number of nitrogens with zero attached hydrogens (tertiary/aromatic N) is 1. The van der Waals surface area contributed by atoms with E-state index < -0.39 is 10.0 Å². The van der Waals surface area contributed by atoms with E-state index in [9.17, 15) is 8.42 Å². The Bertz CT molecular complexity index is 552. The van der Waals surface area contributed by atoms with Gasteiger partial charge in [-0.15, -0.1) is 11.3 Å². The van der Waals surface area contributed by atoms with E-state index in [2.05, 4.69) is 26.1 Å². The van der Waals surface area contributed by atoms with Gasteiger partial charge in [-0.2, -0.15) is 4.31 Å². The minimum Gasteiger partial charge on any atom is -0.310 e. The van der Waals surface area contributed by atoms with Crippen LogP contribution in [0.15, 0.2) is 15.7 Å². The topological polar surface area (TPSA) is 49.4 Å². The SMILES string of the molecule is CC1CCCN(S(=O)(=O)c2cc(CNC(C)C)cs2)CC1. The Kier molecular flexibility index (Phi) is 5.82. The van der Waals surface area contributed by atoms with E-state index in [1.165, 1.54) is 11.3 Å². The first kappa shape index (κ1) is 16.9. The van der Waals surface area contributed by atoms with Crippen LogP contribution >= 0.6 is 11.3 Å². The standard InChI is InChI=1S/C15H26N2O2S2/c1-12(2)16-10-14-9-15(20-11-14)21(18,19)17-7-4-5-13(3)6-8-17/h9,11-13,16H,4-8,10H2,1-3H3. The van der Waals surface area contributed by atoms with Gasteiger partial charge in [0.15, 0.2) is 0 Å². The van der Waals surface area contributed by atoms with Crippen LogP contribution in [0, 0.1) is 5.92 Å². The van der Waals surface area contributed by atoms with Crippen LogP contribution in [-0.2, 0) is 16.6 Å². The molecular weight excluding hydrogens is 304 g/mol. The highest BCUT2D eigenvalue weighted by atomic mass is 32.2. The molecule has 0 aromatic carbocycles. The van der Waals surface area contributed by atoms with Crippen molar-refractivity contribution in [2.45, 2.75) is 56.8 Å². The van der Waals surface area contributed by atoms with Gasteiger partial charge in [-0.3, -0.25) is 0 Å². The van der Waals surface area contributed by atoms with Crippen molar-refractivity contribution in [3.8, 4) is 0 Å². The minimum atomic E-state index is -3.30. The first-order valence-electron chi connectivity index (χ1n) is 7.70. The number of thiophene rings is 1. The second kappa shape index (κ2) is 7.22. The van der Waals surface area contributed by atoms with Crippen LogP contribution in [0.4, 0.5) is 0 Å². The van der Waals surface area contributed by atoms with Crippen LogP contribution in [0.2, 0.25) is 0 Å². The zero-order valence-electron chi connectivity index (χ0n) is 13.1. The maximum absolute atomic E-state index is 12.7. The highest BCUT2D eigenvalue weighted by Crippen LogP contribution is 2.27. The Morgan fingerprint density at radius 3 is 2.86 bits per heavy atom. The van der Waals surface area contributed by atoms with Gasteiger partial charge >= 0.3 is 0 Å². The van der Waals surface area contributed by atoms with Crippen molar-refractivity contribution in [2.75, 3.05) is 13.1 Å². The Morgan fingerprint density at radius 1 is 1.38 bits per heavy atom. The summed E-state index contributed by atoms with van der Waals surface area (Å²) in [7, 11) is -3.30. The van der Waals surface area contributed by atoms with E-state index in [4.69, 9.17) is 0 Å². The molecule has 1 atom stereocenters. The molecule has 6 heteroatoms. The van der Waals surface area contributed by atoms with Crippen molar-refractivity contribution in [2.24, 2.45) is 5.92 Å². The van der Waals surface area contributed by atoms with Gasteiger partial charge in [0.2, 0.25) is 0 Å². The van der Waals surface area contributed by atoms with Gasteiger partial charge in [0.1, 0.15) is 4.21 Å². The number of rotatable bonds is 5. The molecule has 1 aromatic rings. The molecule has 2 heterocycles. The van der Waals surface area contributed by atoms with Gasteiger partial charge in [-0.05, 0) is 42.2 Å². The fourth-order valence-electron chi connectivity index (χ4n) is 2.51. The molecule has 0 saturated carbocycles. The Hall–Kier alpha value is -0.430. The molecule has 0 amide bonds. The fraction of sp³-hybridized carbons (Fsp3) is 0.733. The van der Waals surface area contributed by atoms with Crippen molar-refractivity contribution >= 4 is 21.4 Å². The summed E-state index contributed by atoms with van der Waals surface area (Å²) in [6.45, 7) is 8.41. The quantitative estimate of drug-likeness (QED) is 0.903. The van der Waals surface area contributed by atoms with Crippen LogP contribution in [0.5, 0.6) is 0 Å². The van der Waals surface area contributed by atoms with Crippen molar-refractivity contribution < 1.29 is 8.42 Å².